The average molecular weight is 259 g/mol. The van der Waals surface area contributed by atoms with Crippen molar-refractivity contribution in [3.05, 3.63) is 35.2 Å². The predicted molar refractivity (Wildman–Crippen MR) is 80.4 cm³/mol. The second-order valence-electron chi connectivity index (χ2n) is 5.69. The molecule has 2 unspecified atom stereocenters. The highest BCUT2D eigenvalue weighted by molar-refractivity contribution is 7.17. The molecule has 2 heterocycles. The predicted octanol–water partition coefficient (Wildman–Crippen LogP) is 4.25. The topological polar surface area (TPSA) is 12.0 Å². The van der Waals surface area contributed by atoms with Crippen LogP contribution in [0.4, 0.5) is 0 Å². The van der Waals surface area contributed by atoms with Gasteiger partial charge in [-0.05, 0) is 59.7 Å². The summed E-state index contributed by atoms with van der Waals surface area (Å²) < 4.78 is 1.44. The molecule has 1 fully saturated rings. The number of thiophene rings is 1. The van der Waals surface area contributed by atoms with Gasteiger partial charge in [-0.25, -0.2) is 0 Å². The smallest absolute Gasteiger partial charge is 0.0345 e. The first-order chi connectivity index (χ1) is 8.77. The Morgan fingerprint density at radius 3 is 2.94 bits per heavy atom. The second kappa shape index (κ2) is 5.02. The molecule has 2 aromatic rings. The highest BCUT2D eigenvalue weighted by Gasteiger charge is 2.30. The van der Waals surface area contributed by atoms with Crippen molar-refractivity contribution in [3.63, 3.8) is 0 Å². The van der Waals surface area contributed by atoms with Gasteiger partial charge < -0.3 is 5.32 Å². The molecule has 0 amide bonds. The summed E-state index contributed by atoms with van der Waals surface area (Å²) in [5.74, 6) is 2.26. The lowest BCUT2D eigenvalue weighted by Gasteiger charge is -2.35. The molecule has 2 heteroatoms. The van der Waals surface area contributed by atoms with Gasteiger partial charge in [0.05, 0.1) is 0 Å². The van der Waals surface area contributed by atoms with E-state index in [1.807, 2.05) is 11.3 Å². The summed E-state index contributed by atoms with van der Waals surface area (Å²) in [6, 6.07) is 8.85. The van der Waals surface area contributed by atoms with Crippen molar-refractivity contribution in [3.8, 4) is 0 Å². The maximum Gasteiger partial charge on any atom is 0.0345 e. The molecule has 1 N–H and O–H groups in total. The number of piperidine rings is 1. The van der Waals surface area contributed by atoms with E-state index in [9.17, 15) is 0 Å². The van der Waals surface area contributed by atoms with Crippen LogP contribution in [0.3, 0.4) is 0 Å². The van der Waals surface area contributed by atoms with Crippen LogP contribution in [0.25, 0.3) is 10.1 Å². The summed E-state index contributed by atoms with van der Waals surface area (Å²) in [4.78, 5) is 0. The number of fused-ring (bicyclic) bond motifs is 1. The molecular formula is C16H21NS. The van der Waals surface area contributed by atoms with Gasteiger partial charge in [-0.3, -0.25) is 0 Å². The Kier molecular flexibility index (Phi) is 3.40. The molecule has 0 aliphatic carbocycles. The van der Waals surface area contributed by atoms with E-state index in [0.29, 0.717) is 0 Å². The Morgan fingerprint density at radius 1 is 1.28 bits per heavy atom. The zero-order chi connectivity index (χ0) is 12.5. The monoisotopic (exact) mass is 259 g/mol. The van der Waals surface area contributed by atoms with Crippen molar-refractivity contribution >= 4 is 21.4 Å². The molecule has 0 bridgehead atoms. The standard InChI is InChI=1S/C16H21NS/c1-11(2)14-9-17-8-7-12(14)15-10-18-16-6-4-3-5-13(15)16/h3-6,10-12,14,17H,7-9H2,1-2H3. The van der Waals surface area contributed by atoms with E-state index in [2.05, 4.69) is 48.8 Å². The van der Waals surface area contributed by atoms with Crippen molar-refractivity contribution < 1.29 is 0 Å². The number of benzene rings is 1. The van der Waals surface area contributed by atoms with Gasteiger partial charge in [-0.1, -0.05) is 32.0 Å². The Balaban J connectivity index is 2.01. The van der Waals surface area contributed by atoms with Crippen LogP contribution in [-0.4, -0.2) is 13.1 Å². The van der Waals surface area contributed by atoms with Gasteiger partial charge in [0.15, 0.2) is 0 Å². The van der Waals surface area contributed by atoms with Crippen LogP contribution >= 0.6 is 11.3 Å². The molecule has 1 saturated heterocycles. The van der Waals surface area contributed by atoms with Crippen LogP contribution in [0.2, 0.25) is 0 Å². The third-order valence-corrected chi connectivity index (χ3v) is 5.28. The fraction of sp³-hybridized carbons (Fsp3) is 0.500. The van der Waals surface area contributed by atoms with E-state index >= 15 is 0 Å². The van der Waals surface area contributed by atoms with Crippen LogP contribution in [0.15, 0.2) is 29.6 Å². The van der Waals surface area contributed by atoms with E-state index in [1.165, 1.54) is 23.1 Å². The summed E-state index contributed by atoms with van der Waals surface area (Å²) in [5, 5.41) is 7.44. The van der Waals surface area contributed by atoms with Gasteiger partial charge >= 0.3 is 0 Å². The average Bonchev–Trinajstić information content (AvgIpc) is 2.82. The van der Waals surface area contributed by atoms with E-state index in [4.69, 9.17) is 0 Å². The lowest BCUT2D eigenvalue weighted by Crippen LogP contribution is -2.37. The Bertz CT molecular complexity index is 529. The zero-order valence-electron chi connectivity index (χ0n) is 11.1. The molecule has 1 nitrogen and oxygen atoms in total. The minimum Gasteiger partial charge on any atom is -0.316 e. The molecule has 2 atom stereocenters. The molecule has 0 spiro atoms. The SMILES string of the molecule is CC(C)C1CNCCC1c1csc2ccccc12. The van der Waals surface area contributed by atoms with E-state index < -0.39 is 0 Å². The Hall–Kier alpha value is -0.860. The molecule has 1 aliphatic rings. The largest absolute Gasteiger partial charge is 0.316 e. The number of hydrogen-bond acceptors (Lipinski definition) is 2. The van der Waals surface area contributed by atoms with Crippen LogP contribution < -0.4 is 5.32 Å². The van der Waals surface area contributed by atoms with Crippen LogP contribution in [-0.2, 0) is 0 Å². The lowest BCUT2D eigenvalue weighted by molar-refractivity contribution is 0.256. The van der Waals surface area contributed by atoms with Crippen LogP contribution in [0.5, 0.6) is 0 Å². The van der Waals surface area contributed by atoms with Gasteiger partial charge in [-0.2, -0.15) is 0 Å². The van der Waals surface area contributed by atoms with Gasteiger partial charge in [-0.15, -0.1) is 11.3 Å². The third kappa shape index (κ3) is 2.08. The lowest BCUT2D eigenvalue weighted by atomic mass is 9.75. The molecule has 0 saturated carbocycles. The normalized spacial score (nSPS) is 24.8. The summed E-state index contributed by atoms with van der Waals surface area (Å²) in [6.07, 6.45) is 1.28. The van der Waals surface area contributed by atoms with Crippen molar-refractivity contribution in [2.24, 2.45) is 11.8 Å². The summed E-state index contributed by atoms with van der Waals surface area (Å²) in [6.45, 7) is 7.06. The quantitative estimate of drug-likeness (QED) is 0.850. The van der Waals surface area contributed by atoms with Gasteiger partial charge in [0, 0.05) is 4.70 Å². The Labute approximate surface area is 113 Å². The van der Waals surface area contributed by atoms with E-state index in [0.717, 1.165) is 24.3 Å². The number of hydrogen-bond donors (Lipinski definition) is 1. The fourth-order valence-electron chi connectivity index (χ4n) is 3.25. The first-order valence-corrected chi connectivity index (χ1v) is 7.82. The zero-order valence-corrected chi connectivity index (χ0v) is 12.0. The van der Waals surface area contributed by atoms with Crippen molar-refractivity contribution in [2.75, 3.05) is 13.1 Å². The minimum absolute atomic E-state index is 0.738. The van der Waals surface area contributed by atoms with Crippen LogP contribution in [0.1, 0.15) is 31.7 Å². The minimum atomic E-state index is 0.738. The molecule has 0 radical (unpaired) electrons. The first kappa shape index (κ1) is 12.2. The molecular weight excluding hydrogens is 238 g/mol. The van der Waals surface area contributed by atoms with Gasteiger partial charge in [0.2, 0.25) is 0 Å². The fourth-order valence-corrected chi connectivity index (χ4v) is 4.28. The molecule has 96 valence electrons. The van der Waals surface area contributed by atoms with Crippen molar-refractivity contribution in [2.45, 2.75) is 26.2 Å². The molecule has 1 aromatic carbocycles. The molecule has 1 aromatic heterocycles. The summed E-state index contributed by atoms with van der Waals surface area (Å²) in [5.41, 5.74) is 1.59. The number of rotatable bonds is 2. The maximum atomic E-state index is 3.56. The first-order valence-electron chi connectivity index (χ1n) is 6.94. The van der Waals surface area contributed by atoms with Crippen LogP contribution in [0, 0.1) is 11.8 Å². The molecule has 18 heavy (non-hydrogen) atoms. The second-order valence-corrected chi connectivity index (χ2v) is 6.61. The molecule has 3 rings (SSSR count). The summed E-state index contributed by atoms with van der Waals surface area (Å²) in [7, 11) is 0. The van der Waals surface area contributed by atoms with Crippen molar-refractivity contribution in [1.29, 1.82) is 0 Å². The highest BCUT2D eigenvalue weighted by atomic mass is 32.1. The number of nitrogens with one attached hydrogen (secondary N) is 1. The van der Waals surface area contributed by atoms with E-state index in [1.54, 1.807) is 5.56 Å². The van der Waals surface area contributed by atoms with Gasteiger partial charge in [0.25, 0.3) is 0 Å². The molecule has 1 aliphatic heterocycles. The highest BCUT2D eigenvalue weighted by Crippen LogP contribution is 2.40. The van der Waals surface area contributed by atoms with Crippen molar-refractivity contribution in [1.82, 2.24) is 5.32 Å². The Morgan fingerprint density at radius 2 is 2.11 bits per heavy atom. The third-order valence-electron chi connectivity index (χ3n) is 4.30. The maximum absolute atomic E-state index is 3.56. The summed E-state index contributed by atoms with van der Waals surface area (Å²) >= 11 is 1.90. The van der Waals surface area contributed by atoms with E-state index in [-0.39, 0.29) is 0 Å². The van der Waals surface area contributed by atoms with Gasteiger partial charge in [0.1, 0.15) is 0 Å².